The number of fused-ring (bicyclic) bond motifs is 4. The number of nitrogens with one attached hydrogen (secondary N) is 3. The molecule has 0 aromatic carbocycles. The Bertz CT molecular complexity index is 2660. The van der Waals surface area contributed by atoms with Crippen LogP contribution in [0.15, 0.2) is 117 Å². The van der Waals surface area contributed by atoms with Crippen LogP contribution in [0.1, 0.15) is 129 Å². The number of allylic oxidation sites excluding steroid dienone is 10. The summed E-state index contributed by atoms with van der Waals surface area (Å²) < 4.78 is 34.6. The van der Waals surface area contributed by atoms with Crippen molar-refractivity contribution < 1.29 is 66.8 Å². The van der Waals surface area contributed by atoms with Crippen molar-refractivity contribution in [2.24, 2.45) is 58.8 Å². The van der Waals surface area contributed by atoms with E-state index in [1.165, 1.54) is 6.08 Å². The fourth-order valence-electron chi connectivity index (χ4n) is 10.4. The molecule has 0 saturated heterocycles. The van der Waals surface area contributed by atoms with Gasteiger partial charge in [0.15, 0.2) is 11.6 Å². The van der Waals surface area contributed by atoms with Gasteiger partial charge in [0.1, 0.15) is 18.9 Å². The van der Waals surface area contributed by atoms with Crippen LogP contribution in [0.25, 0.3) is 0 Å². The van der Waals surface area contributed by atoms with Gasteiger partial charge in [-0.2, -0.15) is 0 Å². The van der Waals surface area contributed by atoms with Crippen LogP contribution in [0.4, 0.5) is 18.4 Å². The fourth-order valence-corrected chi connectivity index (χ4v) is 10.5. The third-order valence-electron chi connectivity index (χ3n) is 14.8. The molecule has 9 N–H and O–H groups in total. The van der Waals surface area contributed by atoms with Crippen molar-refractivity contribution in [1.29, 1.82) is 0 Å². The number of Topliss-reactive ketones (excluding diaryl/α,β-unsaturated/α-hetero) is 2. The Morgan fingerprint density at radius 1 is 0.634 bits per heavy atom. The van der Waals surface area contributed by atoms with Crippen molar-refractivity contribution in [2.75, 3.05) is 19.9 Å². The molecule has 4 aliphatic rings. The molecule has 0 fully saturated rings. The van der Waals surface area contributed by atoms with Gasteiger partial charge in [0.05, 0.1) is 30.3 Å². The predicted molar refractivity (Wildman–Crippen MR) is 313 cm³/mol. The Hall–Kier alpha value is -6.41. The normalized spacial score (nSPS) is 32.1. The summed E-state index contributed by atoms with van der Waals surface area (Å²) in [6, 6.07) is 0. The maximum atomic E-state index is 13.5. The highest BCUT2D eigenvalue weighted by Gasteiger charge is 2.34. The second-order valence-corrected chi connectivity index (χ2v) is 22.6. The first-order valence-electron chi connectivity index (χ1n) is 27.9. The Kier molecular flexibility index (Phi) is 30.5. The number of halogens is 3. The lowest BCUT2D eigenvalue weighted by Gasteiger charge is -2.28. The minimum atomic E-state index is -0.920. The minimum absolute atomic E-state index is 0.00226. The third-order valence-corrected chi connectivity index (χ3v) is 15.0. The highest BCUT2D eigenvalue weighted by molar-refractivity contribution is 6.24. The largest absolute Gasteiger partial charge is 0.441 e. The molecule has 12 atom stereocenters. The van der Waals surface area contributed by atoms with E-state index < -0.39 is 73.3 Å². The van der Waals surface area contributed by atoms with E-state index in [9.17, 15) is 57.4 Å². The second kappa shape index (κ2) is 34.9. The number of carbonyl (C=O) groups is 8. The topological polar surface area (TPSA) is 284 Å². The summed E-state index contributed by atoms with van der Waals surface area (Å²) in [7, 11) is 0. The van der Waals surface area contributed by atoms with Gasteiger partial charge in [-0.05, 0) is 120 Å². The number of rotatable bonds is 7. The highest BCUT2D eigenvalue weighted by Crippen LogP contribution is 2.34. The van der Waals surface area contributed by atoms with Crippen LogP contribution in [0, 0.1) is 47.3 Å². The average Bonchev–Trinajstić information content (AvgIpc) is 3.61. The maximum absolute atomic E-state index is 13.5. The van der Waals surface area contributed by atoms with Crippen molar-refractivity contribution in [3.63, 3.8) is 0 Å². The number of aliphatic hydroxyl groups excluding tert-OH is 2. The van der Waals surface area contributed by atoms with E-state index in [0.717, 1.165) is 17.2 Å². The van der Waals surface area contributed by atoms with Crippen LogP contribution >= 0.6 is 11.8 Å². The molecular weight excluding hydrogens is 1080 g/mol. The standard InChI is InChI=1S/C31H43FN2O6.C29H40N2O6.C2H5ClFN/c1-17-13-20(4)27(36)21(5)15-22(6)29(40-31(33)39)18(2)9-7-10-19(3)30(38)34-25-16-26(35)23(11-8-12-32)24(14-17)28(25)37;1-15-11-18(4)25(33)19(5)13-20(6)27(37-29(30)36)16(2)9-8-10-17(3)28(35)31-23-14-24(32)21(7)22(12-15)26(23)34;3-5-2-1-4/h7,9-10,15-18,20-21,27,29,36H,8,11-14H2,1-6H3,(H2,33,39)(H,34,38);8-10,13-16,18-19,25,27,33H,11-12H2,1-7H3,(H2,30,36)(H,31,35);5H,1-2H2/b9-7-,19-10+,22-15+;9-8-,17-10+,20-13+;/t17-,18-,20-,21-,27-,29+;15-,16-,18-,19-,25-,27+;/m00./s1. The van der Waals surface area contributed by atoms with E-state index in [1.807, 2.05) is 81.4 Å². The molecule has 20 heteroatoms. The smallest absolute Gasteiger partial charge is 0.405 e. The zero-order valence-corrected chi connectivity index (χ0v) is 50.6. The third kappa shape index (κ3) is 22.4. The van der Waals surface area contributed by atoms with Gasteiger partial charge in [0, 0.05) is 75.8 Å². The summed E-state index contributed by atoms with van der Waals surface area (Å²) in [4.78, 5) is 103. The van der Waals surface area contributed by atoms with Crippen LogP contribution in [0.2, 0.25) is 0 Å². The predicted octanol–water partition coefficient (Wildman–Crippen LogP) is 9.56. The van der Waals surface area contributed by atoms with Crippen molar-refractivity contribution in [3.05, 3.63) is 117 Å². The number of ketones is 4. The molecule has 4 bridgehead atoms. The molecular formula is C62H88ClF2N5O12. The van der Waals surface area contributed by atoms with Gasteiger partial charge >= 0.3 is 12.2 Å². The van der Waals surface area contributed by atoms with Crippen molar-refractivity contribution in [1.82, 2.24) is 15.5 Å². The molecule has 4 rings (SSSR count). The van der Waals surface area contributed by atoms with Gasteiger partial charge in [0.25, 0.3) is 11.8 Å². The van der Waals surface area contributed by atoms with Gasteiger partial charge in [-0.3, -0.25) is 33.2 Å². The summed E-state index contributed by atoms with van der Waals surface area (Å²) in [6.07, 6.45) is 13.5. The average molecular weight is 1170 g/mol. The summed E-state index contributed by atoms with van der Waals surface area (Å²) in [5.74, 6) is -4.06. The number of primary amides is 2. The lowest BCUT2D eigenvalue weighted by atomic mass is 9.80. The number of ether oxygens (including phenoxy) is 2. The minimum Gasteiger partial charge on any atom is -0.441 e. The van der Waals surface area contributed by atoms with Gasteiger partial charge in [0.2, 0.25) is 11.6 Å². The van der Waals surface area contributed by atoms with Gasteiger partial charge in [-0.25, -0.2) is 18.8 Å². The van der Waals surface area contributed by atoms with E-state index in [2.05, 4.69) is 15.5 Å². The van der Waals surface area contributed by atoms with Crippen molar-refractivity contribution in [3.8, 4) is 0 Å². The van der Waals surface area contributed by atoms with E-state index in [1.54, 1.807) is 57.2 Å². The molecule has 4 amide bonds. The number of hydrogen-bond acceptors (Lipinski definition) is 13. The molecule has 2 aliphatic heterocycles. The van der Waals surface area contributed by atoms with Crippen LogP contribution in [0.5, 0.6) is 0 Å². The van der Waals surface area contributed by atoms with Crippen molar-refractivity contribution >= 4 is 58.9 Å². The SMILES string of the molecule is C/C1=C\C=C/[C@H](C)[C@@H](OC(N)=O)/C(C)=C/[C@H](C)[C@@H](O)[C@@H](C)C[C@H](C)CC2=C(CCCF)C(=O)C=C(NC1=O)C2=O.CC1=C2C[C@@H](C)C[C@H](C)[C@H](O)[C@@H](C)/C=C(\C)[C@H](OC(N)=O)[C@@H](C)/C=C\C=C(/C)C(=O)NC(=CC1=O)C2=O.FCCNCl. The lowest BCUT2D eigenvalue weighted by Crippen LogP contribution is -2.33. The summed E-state index contributed by atoms with van der Waals surface area (Å²) in [5.41, 5.74) is 13.9. The Morgan fingerprint density at radius 3 is 1.41 bits per heavy atom. The maximum Gasteiger partial charge on any atom is 0.405 e. The van der Waals surface area contributed by atoms with E-state index in [4.69, 9.17) is 32.7 Å². The van der Waals surface area contributed by atoms with Crippen molar-refractivity contribution in [2.45, 2.75) is 153 Å². The monoisotopic (exact) mass is 1170 g/mol. The molecule has 0 radical (unpaired) electrons. The lowest BCUT2D eigenvalue weighted by molar-refractivity contribution is -0.120. The molecule has 2 aliphatic carbocycles. The Balaban J connectivity index is 0.000000518. The van der Waals surface area contributed by atoms with E-state index in [-0.39, 0.29) is 113 Å². The van der Waals surface area contributed by atoms with Gasteiger partial charge in [-0.15, -0.1) is 0 Å². The number of aliphatic hydroxyl groups is 2. The van der Waals surface area contributed by atoms with E-state index >= 15 is 0 Å². The summed E-state index contributed by atoms with van der Waals surface area (Å²) >= 11 is 4.81. The first-order valence-corrected chi connectivity index (χ1v) is 28.2. The first kappa shape index (κ1) is 71.7. The zero-order valence-electron chi connectivity index (χ0n) is 49.8. The number of amides is 4. The summed E-state index contributed by atoms with van der Waals surface area (Å²) in [5, 5.41) is 27.3. The molecule has 82 heavy (non-hydrogen) atoms. The van der Waals surface area contributed by atoms with Gasteiger partial charge in [-0.1, -0.05) is 104 Å². The zero-order chi connectivity index (χ0) is 62.3. The van der Waals surface area contributed by atoms with E-state index in [0.29, 0.717) is 36.0 Å². The fraction of sp³-hybridized carbons (Fsp3) is 0.548. The number of alkyl halides is 2. The molecule has 0 unspecified atom stereocenters. The van der Waals surface area contributed by atoms with Crippen LogP contribution in [-0.4, -0.2) is 102 Å². The number of carbonyl (C=O) groups excluding carboxylic acids is 8. The molecule has 0 saturated carbocycles. The van der Waals surface area contributed by atoms with Crippen LogP contribution in [-0.2, 0) is 38.2 Å². The molecule has 2 heterocycles. The molecule has 0 spiro atoms. The quantitative estimate of drug-likeness (QED) is 0.0711. The summed E-state index contributed by atoms with van der Waals surface area (Å²) in [6.45, 7) is 22.9. The number of hydrogen-bond donors (Lipinski definition) is 7. The molecule has 0 aromatic rings. The Morgan fingerprint density at radius 2 is 1.04 bits per heavy atom. The molecule has 0 aromatic heterocycles. The Labute approximate surface area is 487 Å². The van der Waals surface area contributed by atoms with Gasteiger partial charge < -0.3 is 41.8 Å². The van der Waals surface area contributed by atoms with Crippen LogP contribution < -0.4 is 26.9 Å². The first-order chi connectivity index (χ1) is 38.4. The second-order valence-electron chi connectivity index (χ2n) is 22.3. The molecule has 454 valence electrons. The molecule has 17 nitrogen and oxygen atoms in total. The highest BCUT2D eigenvalue weighted by atomic mass is 35.5. The van der Waals surface area contributed by atoms with Crippen LogP contribution in [0.3, 0.4) is 0 Å². The number of nitrogens with two attached hydrogens (primary N) is 2.